The van der Waals surface area contributed by atoms with E-state index in [0.29, 0.717) is 25.3 Å². The van der Waals surface area contributed by atoms with Gasteiger partial charge in [-0.2, -0.15) is 0 Å². The summed E-state index contributed by atoms with van der Waals surface area (Å²) in [5.41, 5.74) is 0.776. The maximum absolute atomic E-state index is 12.5. The second-order valence-corrected chi connectivity index (χ2v) is 6.59. The Balaban J connectivity index is 2.27. The molecule has 23 heavy (non-hydrogen) atoms. The average molecular weight is 323 g/mol. The van der Waals surface area contributed by atoms with Gasteiger partial charge in [-0.25, -0.2) is 9.59 Å². The zero-order chi connectivity index (χ0) is 17.2. The molecule has 0 aromatic carbocycles. The first-order chi connectivity index (χ1) is 10.7. The number of hydrogen-bond acceptors (Lipinski definition) is 5. The smallest absolute Gasteiger partial charge is 0.410 e. The van der Waals surface area contributed by atoms with Gasteiger partial charge in [0.2, 0.25) is 0 Å². The molecule has 1 amide bonds. The Hall–Kier alpha value is -2.02. The van der Waals surface area contributed by atoms with Crippen LogP contribution in [-0.4, -0.2) is 53.9 Å². The first-order valence-electron chi connectivity index (χ1n) is 7.69. The molecule has 1 atom stereocenters. The molecule has 1 aromatic heterocycles. The number of ether oxygens (including phenoxy) is 2. The van der Waals surface area contributed by atoms with Gasteiger partial charge in [0.05, 0.1) is 13.2 Å². The zero-order valence-corrected chi connectivity index (χ0v) is 14.4. The topological polar surface area (TPSA) is 72.8 Å². The molecule has 0 saturated carbocycles. The number of carbonyl (C=O) groups excluding carboxylic acids is 2. The van der Waals surface area contributed by atoms with E-state index in [-0.39, 0.29) is 12.1 Å². The third-order valence-corrected chi connectivity index (χ3v) is 3.77. The summed E-state index contributed by atoms with van der Waals surface area (Å²) in [6, 6.07) is 3.37. The minimum atomic E-state index is -0.544. The lowest BCUT2D eigenvalue weighted by atomic mass is 10.1. The van der Waals surface area contributed by atoms with Crippen LogP contribution in [0.25, 0.3) is 0 Å². The molecular formula is C16H25N3O4. The van der Waals surface area contributed by atoms with Gasteiger partial charge in [-0.05, 0) is 32.9 Å². The largest absolute Gasteiger partial charge is 0.464 e. The van der Waals surface area contributed by atoms with E-state index >= 15 is 0 Å². The predicted octanol–water partition coefficient (Wildman–Crippen LogP) is 1.69. The number of carbonyl (C=O) groups is 2. The minimum absolute atomic E-state index is 0.193. The summed E-state index contributed by atoms with van der Waals surface area (Å²) in [7, 11) is 3.15. The molecular weight excluding hydrogens is 298 g/mol. The van der Waals surface area contributed by atoms with E-state index in [1.807, 2.05) is 26.8 Å². The molecule has 7 nitrogen and oxygen atoms in total. The maximum atomic E-state index is 12.5. The number of hydrogen-bond donors (Lipinski definition) is 1. The van der Waals surface area contributed by atoms with E-state index in [1.54, 1.807) is 22.6 Å². The zero-order valence-electron chi connectivity index (χ0n) is 14.4. The molecule has 2 rings (SSSR count). The van der Waals surface area contributed by atoms with Crippen molar-refractivity contribution in [2.45, 2.75) is 32.4 Å². The third-order valence-electron chi connectivity index (χ3n) is 3.77. The van der Waals surface area contributed by atoms with Crippen molar-refractivity contribution in [3.63, 3.8) is 0 Å². The van der Waals surface area contributed by atoms with E-state index in [9.17, 15) is 9.59 Å². The summed E-state index contributed by atoms with van der Waals surface area (Å²) in [5, 5.41) is 3.28. The fourth-order valence-electron chi connectivity index (χ4n) is 2.68. The van der Waals surface area contributed by atoms with Crippen molar-refractivity contribution in [2.24, 2.45) is 7.05 Å². The lowest BCUT2D eigenvalue weighted by Crippen LogP contribution is -2.50. The van der Waals surface area contributed by atoms with Gasteiger partial charge in [-0.15, -0.1) is 0 Å². The van der Waals surface area contributed by atoms with Gasteiger partial charge in [0.15, 0.2) is 0 Å². The van der Waals surface area contributed by atoms with E-state index in [1.165, 1.54) is 7.11 Å². The fourth-order valence-corrected chi connectivity index (χ4v) is 2.68. The van der Waals surface area contributed by atoms with Crippen LogP contribution in [0.15, 0.2) is 12.1 Å². The summed E-state index contributed by atoms with van der Waals surface area (Å²) in [5.74, 6) is -0.397. The highest BCUT2D eigenvalue weighted by Crippen LogP contribution is 2.26. The monoisotopic (exact) mass is 323 g/mol. The fraction of sp³-hybridized carbons (Fsp3) is 0.625. The van der Waals surface area contributed by atoms with Crippen molar-refractivity contribution < 1.29 is 19.1 Å². The first-order valence-corrected chi connectivity index (χ1v) is 7.69. The molecule has 1 aromatic rings. The van der Waals surface area contributed by atoms with Crippen molar-refractivity contribution in [3.8, 4) is 0 Å². The predicted molar refractivity (Wildman–Crippen MR) is 85.3 cm³/mol. The van der Waals surface area contributed by atoms with Crippen LogP contribution in [0.2, 0.25) is 0 Å². The van der Waals surface area contributed by atoms with Crippen LogP contribution in [0.4, 0.5) is 4.79 Å². The summed E-state index contributed by atoms with van der Waals surface area (Å²) in [4.78, 5) is 26.0. The van der Waals surface area contributed by atoms with Crippen LogP contribution in [0.3, 0.4) is 0 Å². The number of rotatable bonds is 2. The quantitative estimate of drug-likeness (QED) is 0.839. The van der Waals surface area contributed by atoms with Gasteiger partial charge in [-0.3, -0.25) is 4.90 Å². The molecule has 7 heteroatoms. The molecule has 1 fully saturated rings. The number of amides is 1. The second kappa shape index (κ2) is 6.62. The molecule has 1 aliphatic rings. The highest BCUT2D eigenvalue weighted by atomic mass is 16.6. The van der Waals surface area contributed by atoms with Gasteiger partial charge in [0.25, 0.3) is 0 Å². The Morgan fingerprint density at radius 3 is 2.61 bits per heavy atom. The number of methoxy groups -OCH3 is 1. The number of nitrogens with one attached hydrogen (secondary N) is 1. The molecule has 1 N–H and O–H groups in total. The van der Waals surface area contributed by atoms with Crippen LogP contribution in [0.5, 0.6) is 0 Å². The van der Waals surface area contributed by atoms with Crippen LogP contribution in [0.1, 0.15) is 43.0 Å². The Morgan fingerprint density at radius 1 is 1.30 bits per heavy atom. The van der Waals surface area contributed by atoms with E-state index in [0.717, 1.165) is 5.69 Å². The Labute approximate surface area is 136 Å². The van der Waals surface area contributed by atoms with Crippen molar-refractivity contribution in [2.75, 3.05) is 26.7 Å². The SMILES string of the molecule is COC(=O)c1ccc(C2CNCCN2C(=O)OC(C)(C)C)n1C. The molecule has 1 saturated heterocycles. The molecule has 1 unspecified atom stereocenters. The van der Waals surface area contributed by atoms with Crippen LogP contribution in [-0.2, 0) is 16.5 Å². The second-order valence-electron chi connectivity index (χ2n) is 6.59. The van der Waals surface area contributed by atoms with Gasteiger partial charge < -0.3 is 19.4 Å². The summed E-state index contributed by atoms with van der Waals surface area (Å²) in [6.07, 6.45) is -0.343. The summed E-state index contributed by atoms with van der Waals surface area (Å²) >= 11 is 0. The Bertz CT molecular complexity index is 589. The van der Waals surface area contributed by atoms with E-state index in [2.05, 4.69) is 5.32 Å². The highest BCUT2D eigenvalue weighted by molar-refractivity contribution is 5.87. The third kappa shape index (κ3) is 3.85. The summed E-state index contributed by atoms with van der Waals surface area (Å²) in [6.45, 7) is 7.42. The number of esters is 1. The van der Waals surface area contributed by atoms with E-state index < -0.39 is 11.6 Å². The summed E-state index contributed by atoms with van der Waals surface area (Å²) < 4.78 is 12.0. The molecule has 0 bridgehead atoms. The van der Waals surface area contributed by atoms with Crippen molar-refractivity contribution >= 4 is 12.1 Å². The van der Waals surface area contributed by atoms with Gasteiger partial charge in [0, 0.05) is 32.4 Å². The average Bonchev–Trinajstić information content (AvgIpc) is 2.86. The Morgan fingerprint density at radius 2 is 2.00 bits per heavy atom. The lowest BCUT2D eigenvalue weighted by Gasteiger charge is -2.37. The number of nitrogens with zero attached hydrogens (tertiary/aromatic N) is 2. The maximum Gasteiger partial charge on any atom is 0.410 e. The molecule has 0 radical (unpaired) electrons. The number of piperazine rings is 1. The Kier molecular flexibility index (Phi) is 4.99. The van der Waals surface area contributed by atoms with Crippen LogP contribution >= 0.6 is 0 Å². The van der Waals surface area contributed by atoms with Crippen molar-refractivity contribution in [1.29, 1.82) is 0 Å². The molecule has 2 heterocycles. The normalized spacial score (nSPS) is 18.7. The van der Waals surface area contributed by atoms with Gasteiger partial charge in [0.1, 0.15) is 11.3 Å². The highest BCUT2D eigenvalue weighted by Gasteiger charge is 2.33. The van der Waals surface area contributed by atoms with Crippen LogP contribution < -0.4 is 5.32 Å². The van der Waals surface area contributed by atoms with Gasteiger partial charge in [-0.1, -0.05) is 0 Å². The van der Waals surface area contributed by atoms with Crippen molar-refractivity contribution in [3.05, 3.63) is 23.5 Å². The lowest BCUT2D eigenvalue weighted by molar-refractivity contribution is 0.0110. The molecule has 0 spiro atoms. The standard InChI is InChI=1S/C16H25N3O4/c1-16(2,3)23-15(21)19-9-8-17-10-13(19)11-6-7-12(18(11)4)14(20)22-5/h6-7,13,17H,8-10H2,1-5H3. The number of aromatic nitrogens is 1. The first kappa shape index (κ1) is 17.3. The van der Waals surface area contributed by atoms with Crippen LogP contribution in [0, 0.1) is 0 Å². The van der Waals surface area contributed by atoms with E-state index in [4.69, 9.17) is 9.47 Å². The minimum Gasteiger partial charge on any atom is -0.464 e. The molecule has 128 valence electrons. The van der Waals surface area contributed by atoms with Crippen molar-refractivity contribution in [1.82, 2.24) is 14.8 Å². The molecule has 1 aliphatic heterocycles. The molecule has 0 aliphatic carbocycles. The van der Waals surface area contributed by atoms with Gasteiger partial charge >= 0.3 is 12.1 Å².